The Hall–Kier alpha value is -3.84. The number of nitrogens with one attached hydrogen (secondary N) is 1. The van der Waals surface area contributed by atoms with Gasteiger partial charge in [-0.15, -0.1) is 0 Å². The lowest BCUT2D eigenvalue weighted by molar-refractivity contribution is -0.115. The first-order chi connectivity index (χ1) is 16.4. The van der Waals surface area contributed by atoms with Crippen LogP contribution >= 0.6 is 0 Å². The zero-order valence-electron chi connectivity index (χ0n) is 19.5. The standard InChI is InChI=1S/C27H28FN3O3/c1-4-6-20(7-5-2)26(33)25-27(31-24(32)16-18-8-12-21(28)13-9-18)29-17-23(30-25)19-10-14-22(34-3)15-11-19/h4,6-15,17,26,33H,5,16H2,1-3H3,(H,29,31,32)/b6-4-,20-7+. The number of halogens is 1. The van der Waals surface area contributed by atoms with Gasteiger partial charge < -0.3 is 15.2 Å². The van der Waals surface area contributed by atoms with Crippen LogP contribution in [0.4, 0.5) is 10.2 Å². The van der Waals surface area contributed by atoms with E-state index in [-0.39, 0.29) is 29.7 Å². The molecule has 0 spiro atoms. The zero-order valence-corrected chi connectivity index (χ0v) is 19.5. The second-order valence-corrected chi connectivity index (χ2v) is 7.58. The molecule has 3 rings (SSSR count). The molecule has 6 nitrogen and oxygen atoms in total. The number of hydrogen-bond donors (Lipinski definition) is 2. The van der Waals surface area contributed by atoms with Crippen LogP contribution in [0.1, 0.15) is 37.6 Å². The van der Waals surface area contributed by atoms with Crippen molar-refractivity contribution in [2.75, 3.05) is 12.4 Å². The lowest BCUT2D eigenvalue weighted by Gasteiger charge is -2.17. The molecule has 0 aliphatic heterocycles. The molecule has 1 unspecified atom stereocenters. The third kappa shape index (κ3) is 6.36. The average molecular weight is 462 g/mol. The van der Waals surface area contributed by atoms with E-state index in [2.05, 4.69) is 15.3 Å². The van der Waals surface area contributed by atoms with Crippen molar-refractivity contribution >= 4 is 11.7 Å². The van der Waals surface area contributed by atoms with Crippen LogP contribution in [-0.4, -0.2) is 28.1 Å². The molecule has 1 atom stereocenters. The quantitative estimate of drug-likeness (QED) is 0.416. The van der Waals surface area contributed by atoms with Crippen LogP contribution in [0.15, 0.2) is 78.5 Å². The molecular formula is C27H28FN3O3. The average Bonchev–Trinajstić information content (AvgIpc) is 2.85. The molecule has 0 fully saturated rings. The van der Waals surface area contributed by atoms with Gasteiger partial charge in [0, 0.05) is 5.56 Å². The molecule has 34 heavy (non-hydrogen) atoms. The molecule has 0 saturated carbocycles. The number of ether oxygens (including phenoxy) is 1. The monoisotopic (exact) mass is 461 g/mol. The topological polar surface area (TPSA) is 84.3 Å². The summed E-state index contributed by atoms with van der Waals surface area (Å²) in [4.78, 5) is 21.8. The highest BCUT2D eigenvalue weighted by Gasteiger charge is 2.21. The number of benzene rings is 2. The van der Waals surface area contributed by atoms with Crippen molar-refractivity contribution < 1.29 is 19.0 Å². The van der Waals surface area contributed by atoms with E-state index in [1.165, 1.54) is 12.1 Å². The van der Waals surface area contributed by atoms with Crippen LogP contribution in [0.3, 0.4) is 0 Å². The highest BCUT2D eigenvalue weighted by molar-refractivity contribution is 5.92. The van der Waals surface area contributed by atoms with Crippen molar-refractivity contribution in [3.05, 3.63) is 95.6 Å². The van der Waals surface area contributed by atoms with E-state index in [0.29, 0.717) is 29.0 Å². The molecule has 3 aromatic rings. The number of carbonyl (C=O) groups excluding carboxylic acids is 1. The SMILES string of the molecule is C/C=C\C(=C/CC)C(O)c1nc(-c2ccc(OC)cc2)cnc1NC(=O)Cc1ccc(F)cc1. The number of anilines is 1. The number of methoxy groups -OCH3 is 1. The van der Waals surface area contributed by atoms with Gasteiger partial charge in [-0.1, -0.05) is 37.3 Å². The van der Waals surface area contributed by atoms with E-state index in [9.17, 15) is 14.3 Å². The maximum Gasteiger partial charge on any atom is 0.229 e. The molecule has 0 aliphatic rings. The maximum absolute atomic E-state index is 13.2. The summed E-state index contributed by atoms with van der Waals surface area (Å²) in [7, 11) is 1.59. The number of allylic oxidation sites excluding steroid dienone is 2. The van der Waals surface area contributed by atoms with Crippen LogP contribution in [0.5, 0.6) is 5.75 Å². The summed E-state index contributed by atoms with van der Waals surface area (Å²) >= 11 is 0. The Kier molecular flexibility index (Phi) is 8.65. The Morgan fingerprint density at radius 2 is 1.88 bits per heavy atom. The van der Waals surface area contributed by atoms with Gasteiger partial charge >= 0.3 is 0 Å². The first kappa shape index (κ1) is 24.8. The van der Waals surface area contributed by atoms with Gasteiger partial charge in [0.1, 0.15) is 23.4 Å². The minimum absolute atomic E-state index is 0.0320. The second kappa shape index (κ2) is 11.9. The van der Waals surface area contributed by atoms with Gasteiger partial charge in [0.25, 0.3) is 0 Å². The second-order valence-electron chi connectivity index (χ2n) is 7.58. The molecular weight excluding hydrogens is 433 g/mol. The molecule has 2 N–H and O–H groups in total. The minimum Gasteiger partial charge on any atom is -0.497 e. The van der Waals surface area contributed by atoms with Gasteiger partial charge in [-0.25, -0.2) is 14.4 Å². The fraction of sp³-hybridized carbons (Fsp3) is 0.222. The smallest absolute Gasteiger partial charge is 0.229 e. The number of carbonyl (C=O) groups is 1. The summed E-state index contributed by atoms with van der Waals surface area (Å²) in [5.41, 5.74) is 2.88. The molecule has 1 amide bonds. The van der Waals surface area contributed by atoms with Crippen molar-refractivity contribution in [3.63, 3.8) is 0 Å². The van der Waals surface area contributed by atoms with Gasteiger partial charge in [0.15, 0.2) is 5.82 Å². The van der Waals surface area contributed by atoms with Crippen LogP contribution in [0, 0.1) is 5.82 Å². The van der Waals surface area contributed by atoms with Crippen molar-refractivity contribution in [1.82, 2.24) is 9.97 Å². The number of rotatable bonds is 9. The van der Waals surface area contributed by atoms with E-state index in [4.69, 9.17) is 4.74 Å². The van der Waals surface area contributed by atoms with Crippen molar-refractivity contribution in [2.45, 2.75) is 32.8 Å². The molecule has 0 saturated heterocycles. The normalized spacial score (nSPS) is 12.6. The predicted molar refractivity (Wildman–Crippen MR) is 131 cm³/mol. The number of aliphatic hydroxyl groups is 1. The van der Waals surface area contributed by atoms with E-state index in [0.717, 1.165) is 5.56 Å². The number of aliphatic hydroxyl groups excluding tert-OH is 1. The molecule has 2 aromatic carbocycles. The summed E-state index contributed by atoms with van der Waals surface area (Å²) in [5.74, 6) is 0.165. The van der Waals surface area contributed by atoms with E-state index in [1.54, 1.807) is 31.5 Å². The Bertz CT molecular complexity index is 1170. The summed E-state index contributed by atoms with van der Waals surface area (Å²) < 4.78 is 18.4. The number of aromatic nitrogens is 2. The van der Waals surface area contributed by atoms with E-state index >= 15 is 0 Å². The van der Waals surface area contributed by atoms with Gasteiger partial charge in [-0.3, -0.25) is 4.79 Å². The van der Waals surface area contributed by atoms with Crippen LogP contribution in [0.25, 0.3) is 11.3 Å². The summed E-state index contributed by atoms with van der Waals surface area (Å²) in [6, 6.07) is 13.0. The lowest BCUT2D eigenvalue weighted by atomic mass is 10.0. The fourth-order valence-electron chi connectivity index (χ4n) is 3.41. The molecule has 0 radical (unpaired) electrons. The third-order valence-electron chi connectivity index (χ3n) is 5.09. The van der Waals surface area contributed by atoms with Gasteiger partial charge in [0.2, 0.25) is 5.91 Å². The van der Waals surface area contributed by atoms with Gasteiger partial charge in [0.05, 0.1) is 25.4 Å². The van der Waals surface area contributed by atoms with Crippen LogP contribution in [-0.2, 0) is 11.2 Å². The Labute approximate surface area is 198 Å². The highest BCUT2D eigenvalue weighted by atomic mass is 19.1. The van der Waals surface area contributed by atoms with Gasteiger partial charge in [-0.2, -0.15) is 0 Å². The van der Waals surface area contributed by atoms with E-state index in [1.807, 2.05) is 50.3 Å². The highest BCUT2D eigenvalue weighted by Crippen LogP contribution is 2.30. The van der Waals surface area contributed by atoms with Crippen molar-refractivity contribution in [2.24, 2.45) is 0 Å². The maximum atomic E-state index is 13.2. The summed E-state index contributed by atoms with van der Waals surface area (Å²) in [5, 5.41) is 13.9. The molecule has 1 aromatic heterocycles. The Balaban J connectivity index is 1.96. The Morgan fingerprint density at radius 1 is 1.18 bits per heavy atom. The molecule has 1 heterocycles. The number of nitrogens with zero attached hydrogens (tertiary/aromatic N) is 2. The summed E-state index contributed by atoms with van der Waals surface area (Å²) in [6.07, 6.45) is 6.74. The summed E-state index contributed by atoms with van der Waals surface area (Å²) in [6.45, 7) is 3.84. The Morgan fingerprint density at radius 3 is 2.50 bits per heavy atom. The third-order valence-corrected chi connectivity index (χ3v) is 5.09. The van der Waals surface area contributed by atoms with Gasteiger partial charge in [-0.05, 0) is 60.9 Å². The van der Waals surface area contributed by atoms with E-state index < -0.39 is 6.10 Å². The first-order valence-electron chi connectivity index (χ1n) is 11.0. The first-order valence-corrected chi connectivity index (χ1v) is 11.0. The number of hydrogen-bond acceptors (Lipinski definition) is 5. The van der Waals surface area contributed by atoms with Crippen LogP contribution < -0.4 is 10.1 Å². The molecule has 7 heteroatoms. The minimum atomic E-state index is -1.09. The fourth-order valence-corrected chi connectivity index (χ4v) is 3.41. The largest absolute Gasteiger partial charge is 0.497 e. The molecule has 0 aliphatic carbocycles. The molecule has 0 bridgehead atoms. The van der Waals surface area contributed by atoms with Crippen molar-refractivity contribution in [1.29, 1.82) is 0 Å². The zero-order chi connectivity index (χ0) is 24.5. The lowest BCUT2D eigenvalue weighted by Crippen LogP contribution is -2.19. The predicted octanol–water partition coefficient (Wildman–Crippen LogP) is 5.42. The number of amides is 1. The molecule has 176 valence electrons. The van der Waals surface area contributed by atoms with Crippen LogP contribution in [0.2, 0.25) is 0 Å². The van der Waals surface area contributed by atoms with Crippen molar-refractivity contribution in [3.8, 4) is 17.0 Å².